The van der Waals surface area contributed by atoms with Crippen LogP contribution in [0.15, 0.2) is 54.6 Å². The van der Waals surface area contributed by atoms with E-state index in [4.69, 9.17) is 5.11 Å². The number of nitrogens with zero attached hydrogens (tertiary/aromatic N) is 1. The average Bonchev–Trinajstić information content (AvgIpc) is 2.31. The highest BCUT2D eigenvalue weighted by Crippen LogP contribution is 2.15. The zero-order valence-electron chi connectivity index (χ0n) is 8.58. The number of benzene rings is 2. The van der Waals surface area contributed by atoms with Crippen molar-refractivity contribution in [1.82, 2.24) is 0 Å². The number of hydrogen-bond acceptors (Lipinski definition) is 2. The first-order valence-corrected chi connectivity index (χ1v) is 4.91. The third-order valence-corrected chi connectivity index (χ3v) is 2.17. The molecule has 0 aliphatic carbocycles. The Morgan fingerprint density at radius 1 is 0.938 bits per heavy atom. The Balaban J connectivity index is 2.28. The molecule has 0 bridgehead atoms. The van der Waals surface area contributed by atoms with Gasteiger partial charge in [0.25, 0.3) is 0 Å². The lowest BCUT2D eigenvalue weighted by atomic mass is 10.2. The molecule has 0 amide bonds. The molecule has 0 aromatic heterocycles. The largest absolute Gasteiger partial charge is 0.618 e. The maximum atomic E-state index is 11.7. The quantitative estimate of drug-likeness (QED) is 0.361. The van der Waals surface area contributed by atoms with Crippen LogP contribution in [0.25, 0.3) is 0 Å². The fourth-order valence-corrected chi connectivity index (χ4v) is 1.35. The van der Waals surface area contributed by atoms with Crippen molar-refractivity contribution in [3.05, 3.63) is 65.4 Å². The van der Waals surface area contributed by atoms with Crippen LogP contribution in [0.1, 0.15) is 5.56 Å². The second-order valence-electron chi connectivity index (χ2n) is 3.38. The van der Waals surface area contributed by atoms with Crippen LogP contribution in [0.4, 0.5) is 5.69 Å². The van der Waals surface area contributed by atoms with Crippen LogP contribution in [-0.2, 0) is 0 Å². The minimum atomic E-state index is 0.150. The highest BCUT2D eigenvalue weighted by molar-refractivity contribution is 5.76. The first-order valence-electron chi connectivity index (χ1n) is 4.91. The predicted molar refractivity (Wildman–Crippen MR) is 63.0 cm³/mol. The van der Waals surface area contributed by atoms with E-state index in [2.05, 4.69) is 0 Å². The van der Waals surface area contributed by atoms with Gasteiger partial charge in [0.05, 0.1) is 0 Å². The third kappa shape index (κ3) is 2.39. The Kier molecular flexibility index (Phi) is 2.87. The molecule has 0 saturated heterocycles. The number of hydrogen-bond donors (Lipinski definition) is 1. The fraction of sp³-hybridized carbons (Fsp3) is 0. The zero-order chi connectivity index (χ0) is 11.4. The van der Waals surface area contributed by atoms with E-state index >= 15 is 0 Å². The van der Waals surface area contributed by atoms with Crippen molar-refractivity contribution in [1.29, 1.82) is 0 Å². The van der Waals surface area contributed by atoms with Crippen molar-refractivity contribution in [2.45, 2.75) is 0 Å². The van der Waals surface area contributed by atoms with Gasteiger partial charge in [-0.05, 0) is 24.3 Å². The second kappa shape index (κ2) is 4.49. The Hall–Kier alpha value is -2.29. The van der Waals surface area contributed by atoms with Crippen LogP contribution in [0.2, 0.25) is 0 Å². The van der Waals surface area contributed by atoms with Gasteiger partial charge >= 0.3 is 0 Å². The first kappa shape index (κ1) is 10.2. The molecule has 0 heterocycles. The van der Waals surface area contributed by atoms with Gasteiger partial charge in [0, 0.05) is 17.7 Å². The third-order valence-electron chi connectivity index (χ3n) is 2.17. The van der Waals surface area contributed by atoms with E-state index in [9.17, 15) is 5.21 Å². The summed E-state index contributed by atoms with van der Waals surface area (Å²) in [5.41, 5.74) is 1.33. The van der Waals surface area contributed by atoms with E-state index < -0.39 is 0 Å². The molecule has 3 heteroatoms. The fourth-order valence-electron chi connectivity index (χ4n) is 1.35. The van der Waals surface area contributed by atoms with Gasteiger partial charge in [-0.15, -0.1) is 0 Å². The molecular weight excluding hydrogens is 202 g/mol. The van der Waals surface area contributed by atoms with Crippen LogP contribution in [0.3, 0.4) is 0 Å². The first-order chi connectivity index (χ1) is 7.75. The Labute approximate surface area is 93.5 Å². The Morgan fingerprint density at radius 2 is 1.56 bits per heavy atom. The molecular formula is C13H11NO2. The summed E-state index contributed by atoms with van der Waals surface area (Å²) < 4.78 is 0.773. The van der Waals surface area contributed by atoms with Crippen molar-refractivity contribution in [3.8, 4) is 5.75 Å². The number of phenolic OH excluding ortho intramolecular Hbond substituents is 1. The molecule has 0 saturated carbocycles. The molecule has 0 unspecified atom stereocenters. The average molecular weight is 213 g/mol. The lowest BCUT2D eigenvalue weighted by Gasteiger charge is -2.02. The molecule has 0 fully saturated rings. The molecule has 0 radical (unpaired) electrons. The summed E-state index contributed by atoms with van der Waals surface area (Å²) in [7, 11) is 0. The Morgan fingerprint density at radius 3 is 2.19 bits per heavy atom. The van der Waals surface area contributed by atoms with E-state index in [1.165, 1.54) is 18.3 Å². The summed E-state index contributed by atoms with van der Waals surface area (Å²) in [5.74, 6) is 0.150. The normalized spacial score (nSPS) is 11.4. The number of rotatable bonds is 2. The zero-order valence-corrected chi connectivity index (χ0v) is 8.58. The van der Waals surface area contributed by atoms with E-state index in [1.807, 2.05) is 30.3 Å². The second-order valence-corrected chi connectivity index (χ2v) is 3.38. The van der Waals surface area contributed by atoms with Crippen LogP contribution in [-0.4, -0.2) is 16.1 Å². The minimum Gasteiger partial charge on any atom is -0.618 e. The highest BCUT2D eigenvalue weighted by atomic mass is 16.5. The molecule has 2 aromatic carbocycles. The molecule has 0 aliphatic rings. The molecule has 80 valence electrons. The summed E-state index contributed by atoms with van der Waals surface area (Å²) in [6.07, 6.45) is 1.49. The number of phenols is 1. The lowest BCUT2D eigenvalue weighted by molar-refractivity contribution is -0.354. The van der Waals surface area contributed by atoms with Crippen LogP contribution in [0, 0.1) is 5.21 Å². The summed E-state index contributed by atoms with van der Waals surface area (Å²) in [6.45, 7) is 0. The summed E-state index contributed by atoms with van der Waals surface area (Å²) in [6, 6.07) is 15.5. The van der Waals surface area contributed by atoms with Crippen LogP contribution < -0.4 is 0 Å². The SMILES string of the molecule is [O-][N+](=Cc1ccccc1)c1ccc(O)cc1. The molecule has 2 aromatic rings. The summed E-state index contributed by atoms with van der Waals surface area (Å²) >= 11 is 0. The predicted octanol–water partition coefficient (Wildman–Crippen LogP) is 2.65. The van der Waals surface area contributed by atoms with Gasteiger partial charge in [-0.1, -0.05) is 18.2 Å². The highest BCUT2D eigenvalue weighted by Gasteiger charge is 2.00. The topological polar surface area (TPSA) is 46.3 Å². The van der Waals surface area contributed by atoms with E-state index in [-0.39, 0.29) is 5.75 Å². The van der Waals surface area contributed by atoms with Crippen LogP contribution in [0.5, 0.6) is 5.75 Å². The van der Waals surface area contributed by atoms with Crippen molar-refractivity contribution < 1.29 is 9.85 Å². The van der Waals surface area contributed by atoms with Gasteiger partial charge in [0.15, 0.2) is 6.21 Å². The Bertz CT molecular complexity index is 489. The molecule has 2 rings (SSSR count). The molecule has 1 N–H and O–H groups in total. The van der Waals surface area contributed by atoms with Crippen molar-refractivity contribution in [2.75, 3.05) is 0 Å². The van der Waals surface area contributed by atoms with Gasteiger partial charge in [-0.2, -0.15) is 4.74 Å². The van der Waals surface area contributed by atoms with Gasteiger partial charge in [0.1, 0.15) is 5.75 Å². The van der Waals surface area contributed by atoms with E-state index in [1.54, 1.807) is 12.1 Å². The van der Waals surface area contributed by atoms with Crippen molar-refractivity contribution >= 4 is 11.9 Å². The van der Waals surface area contributed by atoms with E-state index in [0.29, 0.717) is 5.69 Å². The standard InChI is InChI=1S/C13H11NO2/c15-13-8-6-12(7-9-13)14(16)10-11-4-2-1-3-5-11/h1-10,15H. The molecule has 3 nitrogen and oxygen atoms in total. The summed E-state index contributed by atoms with van der Waals surface area (Å²) in [5, 5.41) is 20.8. The maximum absolute atomic E-state index is 11.7. The number of aromatic hydroxyl groups is 1. The summed E-state index contributed by atoms with van der Waals surface area (Å²) in [4.78, 5) is 0. The van der Waals surface area contributed by atoms with E-state index in [0.717, 1.165) is 10.3 Å². The molecule has 0 spiro atoms. The lowest BCUT2D eigenvalue weighted by Crippen LogP contribution is -1.98. The molecule has 0 aliphatic heterocycles. The minimum absolute atomic E-state index is 0.150. The molecule has 16 heavy (non-hydrogen) atoms. The van der Waals surface area contributed by atoms with Crippen LogP contribution >= 0.6 is 0 Å². The van der Waals surface area contributed by atoms with Gasteiger partial charge in [-0.25, -0.2) is 0 Å². The van der Waals surface area contributed by atoms with Gasteiger partial charge < -0.3 is 10.3 Å². The van der Waals surface area contributed by atoms with Gasteiger partial charge in [-0.3, -0.25) is 0 Å². The monoisotopic (exact) mass is 213 g/mol. The maximum Gasteiger partial charge on any atom is 0.216 e. The molecule has 0 atom stereocenters. The van der Waals surface area contributed by atoms with Crippen molar-refractivity contribution in [3.63, 3.8) is 0 Å². The van der Waals surface area contributed by atoms with Gasteiger partial charge in [0.2, 0.25) is 5.69 Å². The van der Waals surface area contributed by atoms with Crippen molar-refractivity contribution in [2.24, 2.45) is 0 Å². The smallest absolute Gasteiger partial charge is 0.216 e.